The smallest absolute Gasteiger partial charge is 0.227 e. The number of sulfone groups is 1. The largest absolute Gasteiger partial charge is 0.335 e. The van der Waals surface area contributed by atoms with Crippen LogP contribution in [0.3, 0.4) is 0 Å². The Labute approximate surface area is 147 Å². The maximum Gasteiger partial charge on any atom is 0.227 e. The summed E-state index contributed by atoms with van der Waals surface area (Å²) in [6.45, 7) is 2.67. The Morgan fingerprint density at radius 1 is 1.38 bits per heavy atom. The van der Waals surface area contributed by atoms with Gasteiger partial charge < -0.3 is 10.2 Å². The lowest BCUT2D eigenvalue weighted by atomic mass is 9.93. The lowest BCUT2D eigenvalue weighted by Gasteiger charge is -2.31. The van der Waals surface area contributed by atoms with Crippen LogP contribution in [0.4, 0.5) is 0 Å². The average molecular weight is 369 g/mol. The summed E-state index contributed by atoms with van der Waals surface area (Å²) in [5.74, 6) is -0.0847. The maximum absolute atomic E-state index is 13.1. The molecule has 1 aromatic heterocycles. The first kappa shape index (κ1) is 16.5. The molecule has 3 fully saturated rings. The van der Waals surface area contributed by atoms with Gasteiger partial charge in [-0.3, -0.25) is 4.79 Å². The number of nitrogens with one attached hydrogen (secondary N) is 1. The monoisotopic (exact) mass is 368 g/mol. The van der Waals surface area contributed by atoms with Gasteiger partial charge >= 0.3 is 0 Å². The first-order valence-corrected chi connectivity index (χ1v) is 11.5. The number of nitrogens with zero attached hydrogens (tertiary/aromatic N) is 1. The maximum atomic E-state index is 13.1. The summed E-state index contributed by atoms with van der Waals surface area (Å²) in [6.07, 6.45) is 3.80. The highest BCUT2D eigenvalue weighted by Crippen LogP contribution is 2.56. The Morgan fingerprint density at radius 2 is 2.17 bits per heavy atom. The first-order chi connectivity index (χ1) is 11.5. The van der Waals surface area contributed by atoms with Gasteiger partial charge in [-0.05, 0) is 66.6 Å². The third-order valence-corrected chi connectivity index (χ3v) is 8.42. The Kier molecular flexibility index (Phi) is 4.21. The van der Waals surface area contributed by atoms with Gasteiger partial charge in [0.2, 0.25) is 5.91 Å². The zero-order valence-electron chi connectivity index (χ0n) is 13.7. The van der Waals surface area contributed by atoms with Crippen LogP contribution in [0, 0.1) is 11.3 Å². The topological polar surface area (TPSA) is 66.5 Å². The van der Waals surface area contributed by atoms with Gasteiger partial charge in [0, 0.05) is 12.6 Å². The van der Waals surface area contributed by atoms with Crippen LogP contribution < -0.4 is 5.32 Å². The molecule has 0 aromatic carbocycles. The van der Waals surface area contributed by atoms with E-state index in [4.69, 9.17) is 0 Å². The van der Waals surface area contributed by atoms with Gasteiger partial charge in [-0.25, -0.2) is 8.42 Å². The van der Waals surface area contributed by atoms with E-state index in [-0.39, 0.29) is 34.8 Å². The van der Waals surface area contributed by atoms with Crippen molar-refractivity contribution < 1.29 is 13.2 Å². The molecule has 1 N–H and O–H groups in total. The summed E-state index contributed by atoms with van der Waals surface area (Å²) in [5.41, 5.74) is 1.43. The molecule has 0 radical (unpaired) electrons. The zero-order valence-corrected chi connectivity index (χ0v) is 15.4. The molecule has 24 heavy (non-hydrogen) atoms. The molecule has 3 aliphatic rings. The molecule has 0 bridgehead atoms. The highest BCUT2D eigenvalue weighted by Gasteiger charge is 2.58. The molecular weight excluding hydrogens is 344 g/mol. The molecule has 1 saturated carbocycles. The van der Waals surface area contributed by atoms with Crippen LogP contribution in [0.2, 0.25) is 0 Å². The Hall–Kier alpha value is -0.920. The van der Waals surface area contributed by atoms with E-state index >= 15 is 0 Å². The second kappa shape index (κ2) is 6.11. The molecule has 0 unspecified atom stereocenters. The van der Waals surface area contributed by atoms with Crippen molar-refractivity contribution >= 4 is 27.1 Å². The molecule has 1 aliphatic carbocycles. The third-order valence-electron chi connectivity index (χ3n) is 5.92. The van der Waals surface area contributed by atoms with Gasteiger partial charge in [0.1, 0.15) is 0 Å². The summed E-state index contributed by atoms with van der Waals surface area (Å²) < 4.78 is 23.6. The molecule has 2 atom stereocenters. The number of rotatable bonds is 4. The van der Waals surface area contributed by atoms with Gasteiger partial charge in [0.25, 0.3) is 0 Å². The quantitative estimate of drug-likeness (QED) is 0.878. The Bertz CT molecular complexity index is 708. The van der Waals surface area contributed by atoms with E-state index in [1.165, 1.54) is 0 Å². The van der Waals surface area contributed by atoms with Crippen molar-refractivity contribution in [3.05, 3.63) is 22.4 Å². The van der Waals surface area contributed by atoms with Crippen molar-refractivity contribution in [3.8, 4) is 0 Å². The molecule has 2 saturated heterocycles. The molecule has 132 valence electrons. The van der Waals surface area contributed by atoms with Crippen molar-refractivity contribution in [1.82, 2.24) is 10.2 Å². The van der Waals surface area contributed by atoms with Crippen molar-refractivity contribution in [2.45, 2.75) is 38.3 Å². The molecule has 3 heterocycles. The number of carbonyl (C=O) groups is 1. The Morgan fingerprint density at radius 3 is 2.79 bits per heavy atom. The van der Waals surface area contributed by atoms with E-state index in [9.17, 15) is 13.2 Å². The van der Waals surface area contributed by atoms with Gasteiger partial charge in [0.15, 0.2) is 9.84 Å². The second-order valence-corrected chi connectivity index (χ2v) is 10.5. The van der Waals surface area contributed by atoms with Crippen LogP contribution in [0.5, 0.6) is 0 Å². The molecule has 1 aromatic rings. The summed E-state index contributed by atoms with van der Waals surface area (Å²) in [6, 6.07) is 2.35. The fourth-order valence-electron chi connectivity index (χ4n) is 4.37. The number of carbonyl (C=O) groups excluding carboxylic acids is 1. The summed E-state index contributed by atoms with van der Waals surface area (Å²) in [4.78, 5) is 15.1. The predicted octanol–water partition coefficient (Wildman–Crippen LogP) is 1.65. The van der Waals surface area contributed by atoms with Crippen LogP contribution >= 0.6 is 11.3 Å². The zero-order chi connectivity index (χ0) is 16.8. The number of thiophene rings is 1. The molecule has 1 amide bonds. The Balaban J connectivity index is 1.53. The predicted molar refractivity (Wildman–Crippen MR) is 94.6 cm³/mol. The van der Waals surface area contributed by atoms with E-state index in [0.29, 0.717) is 13.0 Å². The fourth-order valence-corrected chi connectivity index (χ4v) is 6.77. The van der Waals surface area contributed by atoms with E-state index in [0.717, 1.165) is 37.9 Å². The lowest BCUT2D eigenvalue weighted by molar-refractivity contribution is -0.136. The van der Waals surface area contributed by atoms with Crippen LogP contribution in [0.25, 0.3) is 0 Å². The molecule has 4 rings (SSSR count). The SMILES string of the molecule is O=C([C@@H]1CCS(=O)(=O)C1)N(Cc1ccsc1)[C@@H]1CC12CCNCC2. The lowest BCUT2D eigenvalue weighted by Crippen LogP contribution is -2.42. The standard InChI is InChI=1S/C17H24N2O3S2/c20-16(14-2-8-24(21,22)12-14)19(10-13-1-7-23-11-13)15-9-17(15)3-5-18-6-4-17/h1,7,11,14-15,18H,2-6,8-10,12H2/t14-,15-/m1/s1. The van der Waals surface area contributed by atoms with Crippen molar-refractivity contribution in [2.75, 3.05) is 24.6 Å². The van der Waals surface area contributed by atoms with Gasteiger partial charge in [-0.2, -0.15) is 11.3 Å². The normalized spacial score (nSPS) is 30.3. The van der Waals surface area contributed by atoms with Crippen LogP contribution in [-0.2, 0) is 21.2 Å². The first-order valence-electron chi connectivity index (χ1n) is 8.72. The molecule has 1 spiro atoms. The number of hydrogen-bond donors (Lipinski definition) is 1. The minimum atomic E-state index is -3.03. The van der Waals surface area contributed by atoms with Crippen LogP contribution in [-0.4, -0.2) is 49.9 Å². The molecular formula is C17H24N2O3S2. The number of hydrogen-bond acceptors (Lipinski definition) is 5. The molecule has 2 aliphatic heterocycles. The van der Waals surface area contributed by atoms with E-state index in [1.54, 1.807) is 11.3 Å². The summed E-state index contributed by atoms with van der Waals surface area (Å²) in [5, 5.41) is 7.52. The van der Waals surface area contributed by atoms with Crippen LogP contribution in [0.15, 0.2) is 16.8 Å². The van der Waals surface area contributed by atoms with Crippen molar-refractivity contribution in [2.24, 2.45) is 11.3 Å². The number of amides is 1. The second-order valence-electron chi connectivity index (χ2n) is 7.53. The van der Waals surface area contributed by atoms with Gasteiger partial charge in [-0.1, -0.05) is 0 Å². The minimum absolute atomic E-state index is 0.0350. The minimum Gasteiger partial charge on any atom is -0.335 e. The molecule has 7 heteroatoms. The highest BCUT2D eigenvalue weighted by atomic mass is 32.2. The van der Waals surface area contributed by atoms with Crippen molar-refractivity contribution in [3.63, 3.8) is 0 Å². The van der Waals surface area contributed by atoms with E-state index < -0.39 is 9.84 Å². The average Bonchev–Trinajstić information content (AvgIpc) is 2.94. The third kappa shape index (κ3) is 3.13. The molecule has 5 nitrogen and oxygen atoms in total. The van der Waals surface area contributed by atoms with Gasteiger partial charge in [-0.15, -0.1) is 0 Å². The fraction of sp³-hybridized carbons (Fsp3) is 0.706. The van der Waals surface area contributed by atoms with Crippen molar-refractivity contribution in [1.29, 1.82) is 0 Å². The van der Waals surface area contributed by atoms with Crippen LogP contribution in [0.1, 0.15) is 31.2 Å². The van der Waals surface area contributed by atoms with Gasteiger partial charge in [0.05, 0.1) is 17.4 Å². The number of piperidine rings is 1. The van der Waals surface area contributed by atoms with E-state index in [1.807, 2.05) is 10.3 Å². The summed E-state index contributed by atoms with van der Waals surface area (Å²) in [7, 11) is -3.03. The highest BCUT2D eigenvalue weighted by molar-refractivity contribution is 7.91. The summed E-state index contributed by atoms with van der Waals surface area (Å²) >= 11 is 1.64. The van der Waals surface area contributed by atoms with E-state index in [2.05, 4.69) is 16.8 Å².